The molecule has 5 N–H and O–H groups in total. The van der Waals surface area contributed by atoms with Crippen LogP contribution in [0.2, 0.25) is 0 Å². The molecule has 94 heavy (non-hydrogen) atoms. The number of halogens is 3. The van der Waals surface area contributed by atoms with Gasteiger partial charge >= 0.3 is 6.01 Å². The third-order valence-electron chi connectivity index (χ3n) is 21.5. The van der Waals surface area contributed by atoms with Crippen molar-refractivity contribution in [2.45, 2.75) is 153 Å². The summed E-state index contributed by atoms with van der Waals surface area (Å²) >= 11 is 1.55. The number of aliphatic hydroxyl groups is 1. The Hall–Kier alpha value is -7.49. The molecular formula is C71H85F3N12O7S. The van der Waals surface area contributed by atoms with Gasteiger partial charge in [-0.25, -0.2) is 18.2 Å². The highest BCUT2D eigenvalue weighted by molar-refractivity contribution is 7.13. The average molecular weight is 1310 g/mol. The number of piperidine rings is 3. The monoisotopic (exact) mass is 1310 g/mol. The van der Waals surface area contributed by atoms with E-state index in [2.05, 4.69) is 51.5 Å². The normalized spacial score (nSPS) is 23.4. The number of nitrogens with one attached hydrogen (secondary N) is 3. The first-order chi connectivity index (χ1) is 45.1. The molecule has 3 unspecified atom stereocenters. The van der Waals surface area contributed by atoms with Crippen LogP contribution in [0, 0.1) is 47.6 Å². The lowest BCUT2D eigenvalue weighted by atomic mass is 9.71. The average Bonchev–Trinajstić information content (AvgIpc) is 0.800. The Balaban J connectivity index is 0.590. The van der Waals surface area contributed by atoms with Crippen molar-refractivity contribution in [2.75, 3.05) is 84.0 Å². The number of hydrogen-bond donors (Lipinski definition) is 5. The van der Waals surface area contributed by atoms with Crippen molar-refractivity contribution in [3.63, 3.8) is 0 Å². The summed E-state index contributed by atoms with van der Waals surface area (Å²) in [5.74, 6) is 0.568. The first kappa shape index (κ1) is 65.2. The van der Waals surface area contributed by atoms with Gasteiger partial charge in [-0.2, -0.15) is 9.97 Å². The summed E-state index contributed by atoms with van der Waals surface area (Å²) in [5, 5.41) is 32.8. The van der Waals surface area contributed by atoms with E-state index in [4.69, 9.17) is 16.1 Å². The minimum atomic E-state index is -1.78. The van der Waals surface area contributed by atoms with Gasteiger partial charge in [0.15, 0.2) is 11.5 Å². The van der Waals surface area contributed by atoms with E-state index in [1.165, 1.54) is 30.5 Å². The van der Waals surface area contributed by atoms with E-state index >= 15 is 8.78 Å². The maximum atomic E-state index is 17.1. The summed E-state index contributed by atoms with van der Waals surface area (Å²) in [4.78, 5) is 85.2. The Bertz CT molecular complexity index is 3880. The molecule has 1 aliphatic carbocycles. The van der Waals surface area contributed by atoms with Gasteiger partial charge in [-0.3, -0.25) is 29.1 Å². The first-order valence-corrected chi connectivity index (χ1v) is 34.4. The van der Waals surface area contributed by atoms with Gasteiger partial charge in [-0.15, -0.1) is 17.8 Å². The van der Waals surface area contributed by atoms with Crippen LogP contribution in [0.4, 0.5) is 19.0 Å². The summed E-state index contributed by atoms with van der Waals surface area (Å²) in [6.07, 6.45) is 15.3. The molecule has 13 rings (SSSR count). The van der Waals surface area contributed by atoms with Gasteiger partial charge in [-0.05, 0) is 156 Å². The van der Waals surface area contributed by atoms with E-state index in [1.807, 2.05) is 67.4 Å². The van der Waals surface area contributed by atoms with Crippen LogP contribution < -0.4 is 25.6 Å². The maximum Gasteiger partial charge on any atom is 0.319 e. The van der Waals surface area contributed by atoms with Gasteiger partial charge in [0.25, 0.3) is 5.91 Å². The summed E-state index contributed by atoms with van der Waals surface area (Å²) in [5.41, 5.74) is 2.21. The molecule has 7 aliphatic rings. The number of fused-ring (bicyclic) bond motifs is 4. The zero-order valence-electron chi connectivity index (χ0n) is 54.1. The van der Waals surface area contributed by atoms with Gasteiger partial charge in [0, 0.05) is 93.5 Å². The highest BCUT2D eigenvalue weighted by Crippen LogP contribution is 2.45. The van der Waals surface area contributed by atoms with Crippen LogP contribution in [-0.2, 0) is 19.2 Å². The van der Waals surface area contributed by atoms with Crippen molar-refractivity contribution in [3.05, 3.63) is 88.7 Å². The number of carbonyl (C=O) groups is 4. The lowest BCUT2D eigenvalue weighted by molar-refractivity contribution is -0.140. The van der Waals surface area contributed by atoms with Crippen molar-refractivity contribution >= 4 is 62.5 Å². The predicted octanol–water partition coefficient (Wildman–Crippen LogP) is 8.61. The molecule has 3 aromatic carbocycles. The Morgan fingerprint density at radius 3 is 2.29 bits per heavy atom. The number of carbonyl (C=O) groups excluding carboxylic acids is 4. The van der Waals surface area contributed by atoms with Crippen molar-refractivity contribution in [1.82, 2.24) is 55.5 Å². The van der Waals surface area contributed by atoms with Crippen molar-refractivity contribution in [1.29, 1.82) is 0 Å². The molecule has 6 saturated heterocycles. The number of aryl methyl sites for hydroxylation is 1. The topological polar surface area (TPSA) is 222 Å². The minimum Gasteiger partial charge on any atom is -0.508 e. The fraction of sp³-hybridized carbons (Fsp3) is 0.549. The third-order valence-corrected chi connectivity index (χ3v) is 22.5. The van der Waals surface area contributed by atoms with Crippen LogP contribution in [-0.4, -0.2) is 188 Å². The molecule has 19 nitrogen and oxygen atoms in total. The molecule has 3 aromatic heterocycles. The number of hydrogen-bond acceptors (Lipinski definition) is 16. The lowest BCUT2D eigenvalue weighted by Gasteiger charge is -2.47. The zero-order chi connectivity index (χ0) is 65.8. The number of aliphatic hydroxyl groups excluding tert-OH is 1. The zero-order valence-corrected chi connectivity index (χ0v) is 54.9. The van der Waals surface area contributed by atoms with E-state index in [0.29, 0.717) is 68.7 Å². The van der Waals surface area contributed by atoms with Crippen LogP contribution in [0.3, 0.4) is 0 Å². The number of piperazine rings is 1. The van der Waals surface area contributed by atoms with Crippen LogP contribution in [0.15, 0.2) is 60.2 Å². The Morgan fingerprint density at radius 1 is 0.915 bits per heavy atom. The van der Waals surface area contributed by atoms with Crippen LogP contribution in [0.1, 0.15) is 127 Å². The molecule has 4 amide bonds. The van der Waals surface area contributed by atoms with E-state index in [-0.39, 0.29) is 125 Å². The number of pyridine rings is 1. The second-order valence-electron chi connectivity index (χ2n) is 28.5. The van der Waals surface area contributed by atoms with Gasteiger partial charge in [0.1, 0.15) is 28.6 Å². The molecule has 6 atom stereocenters. The van der Waals surface area contributed by atoms with Gasteiger partial charge in [0.05, 0.1) is 58.2 Å². The van der Waals surface area contributed by atoms with Crippen LogP contribution >= 0.6 is 11.3 Å². The standard InChI is InChI=1S/C71H85F3N12O7S/c1-6-50-53(72)15-12-46-32-49(87)33-51(59(46)50)61-60(73)62-52(37-75-61)64(86-38-47-13-14-48(39-86)78-47)81-68(80-62)93-31-7-24-83-25-16-45(17-26-83)66(91)85-29-22-70(23-30-85)20-27-84(28-21-70)58(89)34-54(43-8-10-44(11-9-43)63-42(2)77-41-94-63)79-65(90)55-35-57(88)56(82(55)5)36-69(3,4)40-76-67(92)71(74)18-19-71/h1,8-12,15,32-33,37,41,45,47-48,54-57,78,87-88H,7,13-14,16-31,34-36,38-40H2,2-5H3,(H,76,92)(H,79,90)/t47?,48?,54-,55-,56?,57+/m0/s1. The fourth-order valence-electron chi connectivity index (χ4n) is 15.6. The summed E-state index contributed by atoms with van der Waals surface area (Å²) < 4.78 is 52.9. The Kier molecular flexibility index (Phi) is 18.4. The number of likely N-dealkylation sites (tertiary alicyclic amines) is 4. The molecule has 23 heteroatoms. The largest absolute Gasteiger partial charge is 0.508 e. The van der Waals surface area contributed by atoms with E-state index in [0.717, 1.165) is 92.7 Å². The van der Waals surface area contributed by atoms with Gasteiger partial charge in [0.2, 0.25) is 17.7 Å². The predicted molar refractivity (Wildman–Crippen MR) is 354 cm³/mol. The number of aromatic nitrogens is 4. The second kappa shape index (κ2) is 26.6. The van der Waals surface area contributed by atoms with E-state index in [1.54, 1.807) is 11.3 Å². The Morgan fingerprint density at radius 2 is 1.62 bits per heavy atom. The van der Waals surface area contributed by atoms with Crippen molar-refractivity contribution < 1.29 is 47.3 Å². The van der Waals surface area contributed by atoms with E-state index in [9.17, 15) is 33.8 Å². The Labute approximate surface area is 550 Å². The number of phenolic OH excluding ortho intramolecular Hbond substituents is 1. The molecule has 1 spiro atoms. The molecule has 0 radical (unpaired) electrons. The summed E-state index contributed by atoms with van der Waals surface area (Å²) in [7, 11) is 1.83. The number of terminal acetylenes is 1. The first-order valence-electron chi connectivity index (χ1n) is 33.5. The number of amides is 4. The summed E-state index contributed by atoms with van der Waals surface area (Å²) in [6, 6.07) is 12.3. The fourth-order valence-corrected chi connectivity index (χ4v) is 16.4. The van der Waals surface area contributed by atoms with Gasteiger partial charge in [-0.1, -0.05) is 50.1 Å². The van der Waals surface area contributed by atoms with Crippen molar-refractivity contribution in [2.24, 2.45) is 16.7 Å². The molecule has 2 bridgehead atoms. The molecular weight excluding hydrogens is 1220 g/mol. The smallest absolute Gasteiger partial charge is 0.319 e. The number of anilines is 1. The van der Waals surface area contributed by atoms with E-state index < -0.39 is 46.8 Å². The molecule has 7 fully saturated rings. The number of rotatable bonds is 19. The molecule has 9 heterocycles. The SMILES string of the molecule is C#Cc1c(F)ccc2cc(O)cc(-c3ncc4c(N5CC6CCC(C5)N6)nc(OCCCN5CCC(C(=O)N6CCC7(CCN(C(=O)C[C@H](NC(=O)[C@@H]8C[C@@H](O)C(CC(C)(C)CNC(=O)C9(F)CC9)N8C)c8ccc(-c9scnc9C)cc8)CC7)CC6)CC5)nc4c3F)c12. The number of thiazole rings is 1. The number of phenols is 1. The third kappa shape index (κ3) is 13.6. The number of aromatic hydroxyl groups is 1. The molecule has 1 saturated carbocycles. The molecule has 498 valence electrons. The maximum absolute atomic E-state index is 17.1. The van der Waals surface area contributed by atoms with Gasteiger partial charge < -0.3 is 50.5 Å². The number of alkyl halides is 1. The number of ether oxygens (including phenoxy) is 1. The lowest BCUT2D eigenvalue weighted by Crippen LogP contribution is -2.51. The van der Waals surface area contributed by atoms with Crippen LogP contribution in [0.25, 0.3) is 43.4 Å². The second-order valence-corrected chi connectivity index (χ2v) is 29.3. The number of likely N-dealkylation sites (N-methyl/N-ethyl adjacent to an activating group) is 1. The molecule has 6 aliphatic heterocycles. The van der Waals surface area contributed by atoms with Crippen molar-refractivity contribution in [3.8, 4) is 45.8 Å². The summed E-state index contributed by atoms with van der Waals surface area (Å²) in [6.45, 7) is 12.5. The minimum absolute atomic E-state index is 0.00977. The quantitative estimate of drug-likeness (QED) is 0.0379. The molecule has 6 aromatic rings. The highest BCUT2D eigenvalue weighted by Gasteiger charge is 2.52. The number of nitrogens with zero attached hydrogens (tertiary/aromatic N) is 9. The number of benzene rings is 3. The highest BCUT2D eigenvalue weighted by atomic mass is 32.1. The van der Waals surface area contributed by atoms with Crippen LogP contribution in [0.5, 0.6) is 11.8 Å².